The summed E-state index contributed by atoms with van der Waals surface area (Å²) in [7, 11) is 6.17. The second-order valence-corrected chi connectivity index (χ2v) is 10.3. The number of anilines is 2. The first-order valence-electron chi connectivity index (χ1n) is 13.1. The summed E-state index contributed by atoms with van der Waals surface area (Å²) in [5.74, 6) is 1.56. The molecule has 0 unspecified atom stereocenters. The van der Waals surface area contributed by atoms with Crippen molar-refractivity contribution in [2.75, 3.05) is 57.2 Å². The highest BCUT2D eigenvalue weighted by atomic mass is 35.5. The smallest absolute Gasteiger partial charge is 0.332 e. The highest BCUT2D eigenvalue weighted by molar-refractivity contribution is 6.31. The van der Waals surface area contributed by atoms with Crippen molar-refractivity contribution in [3.05, 3.63) is 73.9 Å². The zero-order valence-corrected chi connectivity index (χ0v) is 24.1. The Labute approximate surface area is 241 Å². The maximum atomic E-state index is 13.3. The molecule has 0 spiro atoms. The summed E-state index contributed by atoms with van der Waals surface area (Å²) < 4.78 is 14.9. The second kappa shape index (κ2) is 11.7. The standard InChI is InChI=1S/C28H32ClN7O5/c1-32-25-24(26(38)33(2)28(32)39)36(16-18-7-5-6-8-20(18)29)27(31-25)35-13-11-34(12-14-35)17-23(37)30-21-15-19(40-3)9-10-22(21)41-4/h5-10,15H,11-14,16-17H2,1-4H3,(H,30,37). The van der Waals surface area contributed by atoms with Crippen LogP contribution in [0.15, 0.2) is 52.1 Å². The first-order valence-corrected chi connectivity index (χ1v) is 13.5. The Kier molecular flexibility index (Phi) is 8.04. The third kappa shape index (κ3) is 5.52. The molecule has 1 N–H and O–H groups in total. The first kappa shape index (κ1) is 28.2. The van der Waals surface area contributed by atoms with E-state index in [4.69, 9.17) is 26.1 Å². The number of rotatable bonds is 8. The van der Waals surface area contributed by atoms with E-state index in [9.17, 15) is 14.4 Å². The summed E-state index contributed by atoms with van der Waals surface area (Å²) >= 11 is 6.47. The number of halogens is 1. The minimum Gasteiger partial charge on any atom is -0.497 e. The van der Waals surface area contributed by atoms with E-state index in [0.29, 0.717) is 72.0 Å². The lowest BCUT2D eigenvalue weighted by Crippen LogP contribution is -2.49. The van der Waals surface area contributed by atoms with Gasteiger partial charge in [-0.15, -0.1) is 0 Å². The number of carbonyl (C=O) groups is 1. The molecule has 0 radical (unpaired) electrons. The van der Waals surface area contributed by atoms with Gasteiger partial charge in [0.25, 0.3) is 5.56 Å². The van der Waals surface area contributed by atoms with Crippen LogP contribution in [-0.4, -0.2) is 76.4 Å². The summed E-state index contributed by atoms with van der Waals surface area (Å²) in [5, 5.41) is 3.49. The number of nitrogens with one attached hydrogen (secondary N) is 1. The summed E-state index contributed by atoms with van der Waals surface area (Å²) in [6.45, 7) is 2.82. The van der Waals surface area contributed by atoms with Gasteiger partial charge in [0.05, 0.1) is 33.0 Å². The predicted molar refractivity (Wildman–Crippen MR) is 158 cm³/mol. The van der Waals surface area contributed by atoms with Gasteiger partial charge in [0.15, 0.2) is 11.2 Å². The van der Waals surface area contributed by atoms with Crippen molar-refractivity contribution >= 4 is 40.3 Å². The minimum absolute atomic E-state index is 0.172. The summed E-state index contributed by atoms with van der Waals surface area (Å²) in [5.41, 5.74) is 1.15. The number of fused-ring (bicyclic) bond motifs is 1. The molecule has 2 aromatic carbocycles. The second-order valence-electron chi connectivity index (χ2n) is 9.84. The van der Waals surface area contributed by atoms with Crippen LogP contribution in [0.4, 0.5) is 11.6 Å². The molecule has 1 amide bonds. The molecule has 12 nitrogen and oxygen atoms in total. The normalized spacial score (nSPS) is 13.9. The molecule has 1 aliphatic heterocycles. The average Bonchev–Trinajstić information content (AvgIpc) is 3.35. The van der Waals surface area contributed by atoms with Gasteiger partial charge >= 0.3 is 5.69 Å². The van der Waals surface area contributed by atoms with Crippen molar-refractivity contribution in [3.8, 4) is 11.5 Å². The molecule has 5 rings (SSSR count). The van der Waals surface area contributed by atoms with Gasteiger partial charge in [-0.25, -0.2) is 4.79 Å². The molecule has 2 aromatic heterocycles. The van der Waals surface area contributed by atoms with Crippen molar-refractivity contribution in [3.63, 3.8) is 0 Å². The van der Waals surface area contributed by atoms with Gasteiger partial charge in [0.1, 0.15) is 11.5 Å². The molecule has 0 atom stereocenters. The number of nitrogens with zero attached hydrogens (tertiary/aromatic N) is 6. The summed E-state index contributed by atoms with van der Waals surface area (Å²) in [6, 6.07) is 12.7. The number of carbonyl (C=O) groups excluding carboxylic acids is 1. The van der Waals surface area contributed by atoms with Crippen molar-refractivity contribution < 1.29 is 14.3 Å². The molecule has 0 aliphatic carbocycles. The Morgan fingerprint density at radius 1 is 1.00 bits per heavy atom. The van der Waals surface area contributed by atoms with Gasteiger partial charge in [0, 0.05) is 51.4 Å². The molecule has 4 aromatic rings. The molecule has 13 heteroatoms. The Morgan fingerprint density at radius 3 is 2.41 bits per heavy atom. The van der Waals surface area contributed by atoms with Crippen molar-refractivity contribution in [1.82, 2.24) is 23.6 Å². The van der Waals surface area contributed by atoms with Crippen LogP contribution < -0.4 is 30.9 Å². The fourth-order valence-corrected chi connectivity index (χ4v) is 5.23. The van der Waals surface area contributed by atoms with Crippen LogP contribution in [-0.2, 0) is 25.4 Å². The number of hydrogen-bond acceptors (Lipinski definition) is 8. The number of aromatic nitrogens is 4. The maximum absolute atomic E-state index is 13.3. The van der Waals surface area contributed by atoms with E-state index in [1.165, 1.54) is 11.6 Å². The quantitative estimate of drug-likeness (QED) is 0.336. The molecule has 0 saturated carbocycles. The van der Waals surface area contributed by atoms with E-state index in [1.807, 2.05) is 27.7 Å². The van der Waals surface area contributed by atoms with E-state index >= 15 is 0 Å². The first-order chi connectivity index (χ1) is 19.7. The van der Waals surface area contributed by atoms with Crippen molar-refractivity contribution in [1.29, 1.82) is 0 Å². The maximum Gasteiger partial charge on any atom is 0.332 e. The zero-order chi connectivity index (χ0) is 29.3. The number of hydrogen-bond donors (Lipinski definition) is 1. The average molecular weight is 582 g/mol. The molecule has 1 saturated heterocycles. The van der Waals surface area contributed by atoms with E-state index in [1.54, 1.807) is 45.5 Å². The Bertz CT molecular complexity index is 1720. The van der Waals surface area contributed by atoms with Gasteiger partial charge in [0.2, 0.25) is 11.9 Å². The van der Waals surface area contributed by atoms with Crippen LogP contribution in [0, 0.1) is 0 Å². The van der Waals surface area contributed by atoms with Gasteiger partial charge in [-0.3, -0.25) is 28.2 Å². The third-order valence-corrected chi connectivity index (χ3v) is 7.69. The van der Waals surface area contributed by atoms with Gasteiger partial charge in [-0.05, 0) is 23.8 Å². The predicted octanol–water partition coefficient (Wildman–Crippen LogP) is 1.91. The lowest BCUT2D eigenvalue weighted by atomic mass is 10.2. The van der Waals surface area contributed by atoms with Crippen LogP contribution in [0.1, 0.15) is 5.56 Å². The molecule has 1 aliphatic rings. The highest BCUT2D eigenvalue weighted by Gasteiger charge is 2.27. The van der Waals surface area contributed by atoms with E-state index in [0.717, 1.165) is 10.1 Å². The molecule has 0 bridgehead atoms. The van der Waals surface area contributed by atoms with Crippen LogP contribution in [0.5, 0.6) is 11.5 Å². The monoisotopic (exact) mass is 581 g/mol. The fourth-order valence-electron chi connectivity index (χ4n) is 5.03. The number of benzene rings is 2. The third-order valence-electron chi connectivity index (χ3n) is 7.32. The lowest BCUT2D eigenvalue weighted by Gasteiger charge is -2.35. The molecule has 1 fully saturated rings. The number of methoxy groups -OCH3 is 2. The van der Waals surface area contributed by atoms with Gasteiger partial charge in [-0.1, -0.05) is 29.8 Å². The van der Waals surface area contributed by atoms with E-state index in [2.05, 4.69) is 10.2 Å². The molecule has 3 heterocycles. The topological polar surface area (TPSA) is 116 Å². The zero-order valence-electron chi connectivity index (χ0n) is 23.4. The molecule has 216 valence electrons. The fraction of sp³-hybridized carbons (Fsp3) is 0.357. The van der Waals surface area contributed by atoms with E-state index in [-0.39, 0.29) is 12.5 Å². The SMILES string of the molecule is COc1ccc(OC)c(NC(=O)CN2CCN(c3nc4c(c(=O)n(C)c(=O)n4C)n3Cc3ccccc3Cl)CC2)c1. The number of ether oxygens (including phenoxy) is 2. The van der Waals surface area contributed by atoms with Crippen LogP contribution in [0.25, 0.3) is 11.2 Å². The van der Waals surface area contributed by atoms with Crippen LogP contribution in [0.2, 0.25) is 5.02 Å². The summed E-state index contributed by atoms with van der Waals surface area (Å²) in [4.78, 5) is 47.7. The Hall–Kier alpha value is -4.29. The molecular formula is C28H32ClN7O5. The summed E-state index contributed by atoms with van der Waals surface area (Å²) in [6.07, 6.45) is 0. The molecular weight excluding hydrogens is 550 g/mol. The van der Waals surface area contributed by atoms with Crippen molar-refractivity contribution in [2.45, 2.75) is 6.54 Å². The lowest BCUT2D eigenvalue weighted by molar-refractivity contribution is -0.117. The number of aryl methyl sites for hydroxylation is 1. The number of piperazine rings is 1. The minimum atomic E-state index is -0.444. The molecule has 41 heavy (non-hydrogen) atoms. The van der Waals surface area contributed by atoms with Crippen molar-refractivity contribution in [2.24, 2.45) is 14.1 Å². The number of amides is 1. The number of imidazole rings is 1. The largest absolute Gasteiger partial charge is 0.497 e. The van der Waals surface area contributed by atoms with Gasteiger partial charge < -0.3 is 19.7 Å². The van der Waals surface area contributed by atoms with Crippen LogP contribution >= 0.6 is 11.6 Å². The highest BCUT2D eigenvalue weighted by Crippen LogP contribution is 2.29. The van der Waals surface area contributed by atoms with Crippen LogP contribution in [0.3, 0.4) is 0 Å². The van der Waals surface area contributed by atoms with Gasteiger partial charge in [-0.2, -0.15) is 4.98 Å². The Morgan fingerprint density at radius 2 is 1.73 bits per heavy atom. The van der Waals surface area contributed by atoms with E-state index < -0.39 is 11.2 Å². The Balaban J connectivity index is 1.37.